The van der Waals surface area contributed by atoms with Gasteiger partial charge in [0.2, 0.25) is 0 Å². The highest BCUT2D eigenvalue weighted by atomic mass is 16.5. The number of aliphatic imine (C=N–C) groups is 1. The lowest BCUT2D eigenvalue weighted by Gasteiger charge is -2.19. The maximum Gasteiger partial charge on any atom is 0.191 e. The van der Waals surface area contributed by atoms with E-state index in [9.17, 15) is 0 Å². The molecule has 0 bridgehead atoms. The summed E-state index contributed by atoms with van der Waals surface area (Å²) in [5.41, 5.74) is 2.80. The number of rotatable bonds is 8. The topological polar surface area (TPSA) is 58.1 Å². The molecule has 6 heteroatoms. The summed E-state index contributed by atoms with van der Waals surface area (Å²) in [5, 5.41) is 7.04. The highest BCUT2D eigenvalue weighted by Crippen LogP contribution is 2.24. The molecule has 3 rings (SSSR count). The fraction of sp³-hybridized carbons (Fsp3) is 0.591. The van der Waals surface area contributed by atoms with Crippen molar-refractivity contribution in [1.29, 1.82) is 0 Å². The molecule has 2 aliphatic rings. The molecular formula is C22H34N4O2. The lowest BCUT2D eigenvalue weighted by Crippen LogP contribution is -2.44. The molecule has 1 aliphatic heterocycles. The van der Waals surface area contributed by atoms with Gasteiger partial charge < -0.3 is 20.1 Å². The molecule has 1 aromatic rings. The zero-order valence-corrected chi connectivity index (χ0v) is 17.5. The fourth-order valence-corrected chi connectivity index (χ4v) is 4.00. The summed E-state index contributed by atoms with van der Waals surface area (Å²) in [6.07, 6.45) is 8.46. The van der Waals surface area contributed by atoms with Crippen molar-refractivity contribution in [3.63, 3.8) is 0 Å². The third-order valence-corrected chi connectivity index (χ3v) is 5.53. The van der Waals surface area contributed by atoms with Crippen molar-refractivity contribution in [3.05, 3.63) is 35.4 Å². The van der Waals surface area contributed by atoms with Gasteiger partial charge in [0.15, 0.2) is 5.96 Å². The van der Waals surface area contributed by atoms with Crippen LogP contribution in [0.25, 0.3) is 0 Å². The smallest absolute Gasteiger partial charge is 0.191 e. The molecule has 1 fully saturated rings. The molecule has 154 valence electrons. The summed E-state index contributed by atoms with van der Waals surface area (Å²) >= 11 is 0. The molecule has 1 unspecified atom stereocenters. The number of benzene rings is 1. The molecule has 0 aromatic heterocycles. The Balaban J connectivity index is 1.45. The molecule has 0 spiro atoms. The van der Waals surface area contributed by atoms with Crippen molar-refractivity contribution in [2.45, 2.75) is 44.7 Å². The summed E-state index contributed by atoms with van der Waals surface area (Å²) < 4.78 is 10.8. The lowest BCUT2D eigenvalue weighted by atomic mass is 10.2. The van der Waals surface area contributed by atoms with Crippen molar-refractivity contribution in [3.8, 4) is 11.5 Å². The molecule has 1 heterocycles. The summed E-state index contributed by atoms with van der Waals surface area (Å²) in [5.74, 6) is 2.59. The van der Waals surface area contributed by atoms with Gasteiger partial charge in [-0.3, -0.25) is 9.89 Å². The van der Waals surface area contributed by atoms with Gasteiger partial charge in [0.1, 0.15) is 11.5 Å². The van der Waals surface area contributed by atoms with Crippen LogP contribution in [0.2, 0.25) is 0 Å². The van der Waals surface area contributed by atoms with E-state index in [4.69, 9.17) is 9.47 Å². The second kappa shape index (κ2) is 10.4. The minimum atomic E-state index is 0.421. The van der Waals surface area contributed by atoms with Gasteiger partial charge in [-0.2, -0.15) is 0 Å². The van der Waals surface area contributed by atoms with Crippen molar-refractivity contribution < 1.29 is 9.47 Å². The Hall–Kier alpha value is -2.21. The highest BCUT2D eigenvalue weighted by Gasteiger charge is 2.23. The first-order valence-electron chi connectivity index (χ1n) is 10.3. The molecule has 28 heavy (non-hydrogen) atoms. The summed E-state index contributed by atoms with van der Waals surface area (Å²) in [7, 11) is 5.23. The number of allylic oxidation sites excluding steroid dienone is 1. The Morgan fingerprint density at radius 2 is 2.00 bits per heavy atom. The molecule has 1 aliphatic carbocycles. The van der Waals surface area contributed by atoms with Crippen LogP contribution >= 0.6 is 0 Å². The molecule has 1 aromatic carbocycles. The van der Waals surface area contributed by atoms with Gasteiger partial charge in [0, 0.05) is 45.3 Å². The van der Waals surface area contributed by atoms with Crippen LogP contribution in [0, 0.1) is 0 Å². The Morgan fingerprint density at radius 1 is 1.21 bits per heavy atom. The van der Waals surface area contributed by atoms with Gasteiger partial charge in [0.25, 0.3) is 0 Å². The normalized spacial score (nSPS) is 20.2. The zero-order valence-electron chi connectivity index (χ0n) is 17.5. The number of guanidine groups is 1. The number of likely N-dealkylation sites (tertiary alicyclic amines) is 1. The van der Waals surface area contributed by atoms with Crippen LogP contribution in [-0.2, 0) is 6.54 Å². The standard InChI is InChI=1S/C22H34N4O2/c1-23-22(24-10-8-17-6-4-5-7-17)25-19-9-11-26(16-19)15-18-12-20(27-2)14-21(13-18)28-3/h6,12-14,19H,4-5,7-11,15-16H2,1-3H3,(H2,23,24,25). The highest BCUT2D eigenvalue weighted by molar-refractivity contribution is 5.80. The van der Waals surface area contributed by atoms with E-state index in [1.807, 2.05) is 13.1 Å². The van der Waals surface area contributed by atoms with Crippen LogP contribution in [0.4, 0.5) is 0 Å². The Kier molecular flexibility index (Phi) is 7.60. The maximum atomic E-state index is 5.39. The van der Waals surface area contributed by atoms with E-state index in [1.165, 1.54) is 24.8 Å². The third-order valence-electron chi connectivity index (χ3n) is 5.53. The Bertz CT molecular complexity index is 680. The van der Waals surface area contributed by atoms with Gasteiger partial charge in [-0.1, -0.05) is 11.6 Å². The molecule has 0 radical (unpaired) electrons. The largest absolute Gasteiger partial charge is 0.497 e. The minimum Gasteiger partial charge on any atom is -0.497 e. The second-order valence-corrected chi connectivity index (χ2v) is 7.59. The first kappa shape index (κ1) is 20.5. The average Bonchev–Trinajstić information content (AvgIpc) is 3.39. The van der Waals surface area contributed by atoms with Crippen molar-refractivity contribution in [2.75, 3.05) is 40.9 Å². The van der Waals surface area contributed by atoms with Crippen molar-refractivity contribution in [1.82, 2.24) is 15.5 Å². The predicted octanol–water partition coefficient (Wildman–Crippen LogP) is 2.94. The van der Waals surface area contributed by atoms with E-state index < -0.39 is 0 Å². The number of hydrogen-bond acceptors (Lipinski definition) is 4. The lowest BCUT2D eigenvalue weighted by molar-refractivity contribution is 0.321. The third kappa shape index (κ3) is 5.89. The van der Waals surface area contributed by atoms with Crippen molar-refractivity contribution >= 4 is 5.96 Å². The van der Waals surface area contributed by atoms with E-state index in [-0.39, 0.29) is 0 Å². The molecule has 6 nitrogen and oxygen atoms in total. The minimum absolute atomic E-state index is 0.421. The van der Waals surface area contributed by atoms with Crippen LogP contribution in [0.15, 0.2) is 34.8 Å². The molecule has 0 amide bonds. The van der Waals surface area contributed by atoms with Gasteiger partial charge in [-0.15, -0.1) is 0 Å². The monoisotopic (exact) mass is 386 g/mol. The fourth-order valence-electron chi connectivity index (χ4n) is 4.00. The van der Waals surface area contributed by atoms with Gasteiger partial charge in [-0.05, 0) is 49.8 Å². The van der Waals surface area contributed by atoms with Crippen LogP contribution in [0.1, 0.15) is 37.7 Å². The van der Waals surface area contributed by atoms with Crippen LogP contribution in [0.3, 0.4) is 0 Å². The van der Waals surface area contributed by atoms with Crippen LogP contribution in [-0.4, -0.2) is 57.8 Å². The zero-order chi connectivity index (χ0) is 19.8. The van der Waals surface area contributed by atoms with Gasteiger partial charge in [-0.25, -0.2) is 0 Å². The molecule has 2 N–H and O–H groups in total. The number of methoxy groups -OCH3 is 2. The molecule has 1 atom stereocenters. The first-order valence-corrected chi connectivity index (χ1v) is 10.3. The number of hydrogen-bond donors (Lipinski definition) is 2. The van der Waals surface area contributed by atoms with Gasteiger partial charge in [0.05, 0.1) is 14.2 Å². The van der Waals surface area contributed by atoms with Crippen LogP contribution < -0.4 is 20.1 Å². The maximum absolute atomic E-state index is 5.39. The quantitative estimate of drug-likeness (QED) is 0.409. The molecule has 0 saturated carbocycles. The summed E-state index contributed by atoms with van der Waals surface area (Å²) in [4.78, 5) is 6.85. The Labute approximate surface area is 169 Å². The summed E-state index contributed by atoms with van der Waals surface area (Å²) in [6, 6.07) is 6.50. The molecular weight excluding hydrogens is 352 g/mol. The van der Waals surface area contributed by atoms with E-state index in [1.54, 1.807) is 19.8 Å². The van der Waals surface area contributed by atoms with E-state index in [2.05, 4.69) is 38.7 Å². The summed E-state index contributed by atoms with van der Waals surface area (Å²) in [6.45, 7) is 3.92. The van der Waals surface area contributed by atoms with Gasteiger partial charge >= 0.3 is 0 Å². The van der Waals surface area contributed by atoms with E-state index in [0.717, 1.165) is 56.5 Å². The van der Waals surface area contributed by atoms with E-state index in [0.29, 0.717) is 6.04 Å². The number of ether oxygens (including phenoxy) is 2. The predicted molar refractivity (Wildman–Crippen MR) is 114 cm³/mol. The average molecular weight is 387 g/mol. The van der Waals surface area contributed by atoms with Crippen LogP contribution in [0.5, 0.6) is 11.5 Å². The number of nitrogens with one attached hydrogen (secondary N) is 2. The number of nitrogens with zero attached hydrogens (tertiary/aromatic N) is 2. The SMILES string of the molecule is CN=C(NCCC1=CCCC1)NC1CCN(Cc2cc(OC)cc(OC)c2)C1. The van der Waals surface area contributed by atoms with E-state index >= 15 is 0 Å². The second-order valence-electron chi connectivity index (χ2n) is 7.59. The first-order chi connectivity index (χ1) is 13.7. The molecule has 1 saturated heterocycles. The Morgan fingerprint density at radius 3 is 2.64 bits per heavy atom. The van der Waals surface area contributed by atoms with Crippen molar-refractivity contribution in [2.24, 2.45) is 4.99 Å².